The molecule has 2 aromatic heterocycles. The normalized spacial score (nSPS) is 12.8. The largest absolute Gasteiger partial charge is 0.279 e. The molecule has 20 heavy (non-hydrogen) atoms. The van der Waals surface area contributed by atoms with E-state index in [9.17, 15) is 4.39 Å². The van der Waals surface area contributed by atoms with Gasteiger partial charge in [0.25, 0.3) is 0 Å². The third-order valence-electron chi connectivity index (χ3n) is 3.11. The third kappa shape index (κ3) is 2.16. The number of alkyl halides is 1. The average molecular weight is 290 g/mol. The van der Waals surface area contributed by atoms with Crippen LogP contribution < -0.4 is 0 Å². The van der Waals surface area contributed by atoms with Crippen molar-refractivity contribution in [2.24, 2.45) is 0 Å². The quantitative estimate of drug-likeness (QED) is 0.663. The first-order chi connectivity index (χ1) is 9.56. The maximum atomic E-state index is 13.1. The van der Waals surface area contributed by atoms with Crippen molar-refractivity contribution in [1.82, 2.24) is 14.5 Å². The molecule has 0 aliphatic heterocycles. The molecule has 3 nitrogen and oxygen atoms in total. The van der Waals surface area contributed by atoms with Crippen LogP contribution in [0.15, 0.2) is 36.4 Å². The van der Waals surface area contributed by atoms with Gasteiger partial charge in [-0.2, -0.15) is 0 Å². The van der Waals surface area contributed by atoms with Crippen LogP contribution in [-0.4, -0.2) is 14.5 Å². The molecule has 0 fully saturated rings. The van der Waals surface area contributed by atoms with Gasteiger partial charge in [0.15, 0.2) is 5.65 Å². The van der Waals surface area contributed by atoms with Crippen LogP contribution in [0.3, 0.4) is 0 Å². The van der Waals surface area contributed by atoms with Crippen molar-refractivity contribution in [3.8, 4) is 5.69 Å². The fraction of sp³-hybridized carbons (Fsp3) is 0.200. The van der Waals surface area contributed by atoms with E-state index in [1.165, 1.54) is 12.1 Å². The Morgan fingerprint density at radius 1 is 1.10 bits per heavy atom. The van der Waals surface area contributed by atoms with E-state index in [2.05, 4.69) is 9.97 Å². The number of fused-ring (bicyclic) bond motifs is 1. The maximum Gasteiger partial charge on any atom is 0.164 e. The minimum absolute atomic E-state index is 0.269. The first kappa shape index (κ1) is 13.1. The van der Waals surface area contributed by atoms with Crippen LogP contribution in [0.25, 0.3) is 16.9 Å². The number of imidazole rings is 1. The SMILES string of the molecule is Cc1ccc2nc(C(C)Cl)n(-c3ccc(F)cc3)c2n1. The van der Waals surface area contributed by atoms with Gasteiger partial charge < -0.3 is 0 Å². The highest BCUT2D eigenvalue weighted by Crippen LogP contribution is 2.27. The van der Waals surface area contributed by atoms with Gasteiger partial charge in [-0.1, -0.05) is 0 Å². The number of halogens is 2. The van der Waals surface area contributed by atoms with E-state index in [4.69, 9.17) is 11.6 Å². The fourth-order valence-electron chi connectivity index (χ4n) is 2.18. The highest BCUT2D eigenvalue weighted by atomic mass is 35.5. The summed E-state index contributed by atoms with van der Waals surface area (Å²) in [5, 5.41) is -0.269. The summed E-state index contributed by atoms with van der Waals surface area (Å²) in [4.78, 5) is 9.05. The van der Waals surface area contributed by atoms with E-state index in [1.807, 2.05) is 30.5 Å². The lowest BCUT2D eigenvalue weighted by atomic mass is 10.3. The second kappa shape index (κ2) is 4.87. The Kier molecular flexibility index (Phi) is 3.18. The number of aromatic nitrogens is 3. The number of hydrogen-bond donors (Lipinski definition) is 0. The van der Waals surface area contributed by atoms with E-state index >= 15 is 0 Å². The lowest BCUT2D eigenvalue weighted by molar-refractivity contribution is 0.627. The molecule has 0 radical (unpaired) electrons. The molecule has 0 saturated carbocycles. The number of benzene rings is 1. The van der Waals surface area contributed by atoms with Crippen LogP contribution in [0.4, 0.5) is 4.39 Å². The molecule has 1 aromatic carbocycles. The molecule has 0 saturated heterocycles. The minimum Gasteiger partial charge on any atom is -0.279 e. The van der Waals surface area contributed by atoms with Crippen LogP contribution in [0.1, 0.15) is 23.8 Å². The fourth-order valence-corrected chi connectivity index (χ4v) is 2.33. The van der Waals surface area contributed by atoms with Gasteiger partial charge in [-0.05, 0) is 50.2 Å². The van der Waals surface area contributed by atoms with Crippen molar-refractivity contribution in [2.45, 2.75) is 19.2 Å². The first-order valence-electron chi connectivity index (χ1n) is 6.32. The van der Waals surface area contributed by atoms with Crippen molar-refractivity contribution >= 4 is 22.8 Å². The van der Waals surface area contributed by atoms with Crippen molar-refractivity contribution in [3.63, 3.8) is 0 Å². The van der Waals surface area contributed by atoms with Crippen LogP contribution in [0.5, 0.6) is 0 Å². The molecule has 0 aliphatic rings. The zero-order chi connectivity index (χ0) is 14.3. The van der Waals surface area contributed by atoms with Gasteiger partial charge in [0.05, 0.1) is 5.38 Å². The molecular formula is C15H13ClFN3. The summed E-state index contributed by atoms with van der Waals surface area (Å²) in [5.41, 5.74) is 3.21. The van der Waals surface area contributed by atoms with E-state index in [-0.39, 0.29) is 11.2 Å². The Morgan fingerprint density at radius 3 is 2.45 bits per heavy atom. The van der Waals surface area contributed by atoms with Crippen molar-refractivity contribution < 1.29 is 4.39 Å². The number of aryl methyl sites for hydroxylation is 1. The Labute approximate surface area is 121 Å². The maximum absolute atomic E-state index is 13.1. The molecule has 0 bridgehead atoms. The van der Waals surface area contributed by atoms with E-state index in [1.54, 1.807) is 12.1 Å². The predicted octanol–water partition coefficient (Wildman–Crippen LogP) is 4.17. The molecular weight excluding hydrogens is 277 g/mol. The lowest BCUT2D eigenvalue weighted by Crippen LogP contribution is -2.03. The summed E-state index contributed by atoms with van der Waals surface area (Å²) in [6.07, 6.45) is 0. The standard InChI is InChI=1S/C15H13ClFN3/c1-9-3-8-13-15(18-9)20(14(19-13)10(2)16)12-6-4-11(17)5-7-12/h3-8,10H,1-2H3. The summed E-state index contributed by atoms with van der Waals surface area (Å²) in [6, 6.07) is 10.1. The number of pyridine rings is 1. The monoisotopic (exact) mass is 289 g/mol. The third-order valence-corrected chi connectivity index (χ3v) is 3.31. The van der Waals surface area contributed by atoms with Gasteiger partial charge in [-0.25, -0.2) is 14.4 Å². The molecule has 1 atom stereocenters. The second-order valence-corrected chi connectivity index (χ2v) is 5.35. The molecule has 5 heteroatoms. The summed E-state index contributed by atoms with van der Waals surface area (Å²) >= 11 is 6.22. The van der Waals surface area contributed by atoms with Crippen molar-refractivity contribution in [3.05, 3.63) is 53.7 Å². The van der Waals surface area contributed by atoms with Gasteiger partial charge in [0, 0.05) is 11.4 Å². The minimum atomic E-state index is -0.275. The average Bonchev–Trinajstić information content (AvgIpc) is 2.78. The van der Waals surface area contributed by atoms with Crippen LogP contribution in [0, 0.1) is 12.7 Å². The summed E-state index contributed by atoms with van der Waals surface area (Å²) in [5.74, 6) is 0.425. The van der Waals surface area contributed by atoms with Gasteiger partial charge in [0.1, 0.15) is 17.2 Å². The highest BCUT2D eigenvalue weighted by molar-refractivity contribution is 6.20. The van der Waals surface area contributed by atoms with Gasteiger partial charge in [-0.15, -0.1) is 11.6 Å². The first-order valence-corrected chi connectivity index (χ1v) is 6.76. The molecule has 3 rings (SSSR count). The Balaban J connectivity index is 2.33. The molecule has 3 aromatic rings. The topological polar surface area (TPSA) is 30.7 Å². The van der Waals surface area contributed by atoms with E-state index in [0.717, 1.165) is 22.5 Å². The highest BCUT2D eigenvalue weighted by Gasteiger charge is 2.17. The van der Waals surface area contributed by atoms with Gasteiger partial charge in [-0.3, -0.25) is 4.57 Å². The van der Waals surface area contributed by atoms with E-state index in [0.29, 0.717) is 5.82 Å². The second-order valence-electron chi connectivity index (χ2n) is 4.69. The summed E-state index contributed by atoms with van der Waals surface area (Å²) in [7, 11) is 0. The molecule has 1 unspecified atom stereocenters. The smallest absolute Gasteiger partial charge is 0.164 e. The zero-order valence-corrected chi connectivity index (χ0v) is 11.9. The summed E-state index contributed by atoms with van der Waals surface area (Å²) < 4.78 is 15.0. The number of hydrogen-bond acceptors (Lipinski definition) is 2. The Hall–Kier alpha value is -1.94. The van der Waals surface area contributed by atoms with Crippen molar-refractivity contribution in [1.29, 1.82) is 0 Å². The van der Waals surface area contributed by atoms with Crippen LogP contribution in [0.2, 0.25) is 0 Å². The Bertz CT molecular complexity index is 763. The number of rotatable bonds is 2. The molecule has 0 N–H and O–H groups in total. The summed E-state index contributed by atoms with van der Waals surface area (Å²) in [6.45, 7) is 3.78. The molecule has 102 valence electrons. The predicted molar refractivity (Wildman–Crippen MR) is 77.8 cm³/mol. The van der Waals surface area contributed by atoms with E-state index < -0.39 is 0 Å². The van der Waals surface area contributed by atoms with Gasteiger partial charge >= 0.3 is 0 Å². The molecule has 2 heterocycles. The Morgan fingerprint density at radius 2 is 1.80 bits per heavy atom. The van der Waals surface area contributed by atoms with Crippen molar-refractivity contribution in [2.75, 3.05) is 0 Å². The lowest BCUT2D eigenvalue weighted by Gasteiger charge is -2.10. The van der Waals surface area contributed by atoms with Crippen LogP contribution in [-0.2, 0) is 0 Å². The van der Waals surface area contributed by atoms with Crippen LogP contribution >= 0.6 is 11.6 Å². The number of nitrogens with zero attached hydrogens (tertiary/aromatic N) is 3. The molecule has 0 spiro atoms. The molecule has 0 aliphatic carbocycles. The van der Waals surface area contributed by atoms with Gasteiger partial charge in [0.2, 0.25) is 0 Å². The zero-order valence-electron chi connectivity index (χ0n) is 11.1. The molecule has 0 amide bonds.